The lowest BCUT2D eigenvalue weighted by molar-refractivity contribution is 0.0785. The first kappa shape index (κ1) is 18.5. The number of halogens is 1. The highest BCUT2D eigenvalue weighted by atomic mass is 19.1. The number of carbonyl (C=O) groups is 1. The van der Waals surface area contributed by atoms with Crippen LogP contribution >= 0.6 is 0 Å². The van der Waals surface area contributed by atoms with Gasteiger partial charge < -0.3 is 9.47 Å². The summed E-state index contributed by atoms with van der Waals surface area (Å²) in [7, 11) is 3.33. The van der Waals surface area contributed by atoms with Crippen molar-refractivity contribution in [3.63, 3.8) is 0 Å². The highest BCUT2D eigenvalue weighted by molar-refractivity contribution is 5.97. The van der Waals surface area contributed by atoms with Crippen molar-refractivity contribution in [3.8, 4) is 5.69 Å². The minimum Gasteiger partial charge on any atom is -0.337 e. The average Bonchev–Trinajstić information content (AvgIpc) is 3.19. The minimum absolute atomic E-state index is 0.157. The minimum atomic E-state index is -0.311. The summed E-state index contributed by atoms with van der Waals surface area (Å²) in [6.45, 7) is 0.349. The molecule has 0 atom stereocenters. The van der Waals surface area contributed by atoms with E-state index in [1.165, 1.54) is 23.0 Å². The van der Waals surface area contributed by atoms with Gasteiger partial charge in [-0.05, 0) is 42.5 Å². The van der Waals surface area contributed by atoms with Crippen molar-refractivity contribution in [2.24, 2.45) is 7.05 Å². The van der Waals surface area contributed by atoms with Crippen LogP contribution in [0.3, 0.4) is 0 Å². The Morgan fingerprint density at radius 2 is 1.93 bits per heavy atom. The van der Waals surface area contributed by atoms with Gasteiger partial charge in [0.2, 0.25) is 0 Å². The van der Waals surface area contributed by atoms with Gasteiger partial charge in [-0.2, -0.15) is 5.10 Å². The maximum absolute atomic E-state index is 13.1. The summed E-state index contributed by atoms with van der Waals surface area (Å²) in [6.07, 6.45) is 4.90. The Labute approximate surface area is 165 Å². The van der Waals surface area contributed by atoms with Gasteiger partial charge in [0.05, 0.1) is 29.1 Å². The third-order valence-electron chi connectivity index (χ3n) is 4.66. The molecule has 0 aliphatic rings. The molecule has 8 heteroatoms. The van der Waals surface area contributed by atoms with Gasteiger partial charge in [-0.25, -0.2) is 14.1 Å². The molecule has 0 saturated carbocycles. The molecule has 0 saturated heterocycles. The van der Waals surface area contributed by atoms with Crippen molar-refractivity contribution in [2.75, 3.05) is 7.05 Å². The molecular weight excluding hydrogens is 373 g/mol. The fraction of sp³-hybridized carbons (Fsp3) is 0.143. The van der Waals surface area contributed by atoms with Crippen molar-refractivity contribution in [1.29, 1.82) is 0 Å². The predicted octanol–water partition coefficient (Wildman–Crippen LogP) is 2.53. The second-order valence-electron chi connectivity index (χ2n) is 6.82. The van der Waals surface area contributed by atoms with E-state index in [0.29, 0.717) is 23.0 Å². The number of hydrogen-bond donors (Lipinski definition) is 0. The van der Waals surface area contributed by atoms with Gasteiger partial charge in [-0.3, -0.25) is 9.59 Å². The first-order valence-electron chi connectivity index (χ1n) is 8.93. The molecule has 2 aromatic heterocycles. The van der Waals surface area contributed by atoms with Gasteiger partial charge in [-0.1, -0.05) is 0 Å². The SMILES string of the molecule is CN(Cc1cnn(-c2ccc(F)cc2)c1)C(=O)c1ccc2c(=O)n(C)cnc2c1. The van der Waals surface area contributed by atoms with E-state index >= 15 is 0 Å². The van der Waals surface area contributed by atoms with E-state index in [-0.39, 0.29) is 17.3 Å². The Hall–Kier alpha value is -3.81. The molecule has 146 valence electrons. The maximum atomic E-state index is 13.1. The number of hydrogen-bond acceptors (Lipinski definition) is 4. The monoisotopic (exact) mass is 391 g/mol. The molecule has 0 unspecified atom stereocenters. The quantitative estimate of drug-likeness (QED) is 0.536. The number of aryl methyl sites for hydroxylation is 1. The third-order valence-corrected chi connectivity index (χ3v) is 4.66. The van der Waals surface area contributed by atoms with Crippen LogP contribution in [0, 0.1) is 5.82 Å². The lowest BCUT2D eigenvalue weighted by Gasteiger charge is -2.16. The molecule has 2 aromatic carbocycles. The first-order valence-corrected chi connectivity index (χ1v) is 8.93. The van der Waals surface area contributed by atoms with E-state index < -0.39 is 0 Å². The second-order valence-corrected chi connectivity index (χ2v) is 6.82. The molecule has 0 N–H and O–H groups in total. The standard InChI is InChI=1S/C21H18FN5O2/c1-25(11-14-10-24-27(12-14)17-6-4-16(22)5-7-17)20(28)15-3-8-18-19(9-15)23-13-26(2)21(18)29/h3-10,12-13H,11H2,1-2H3. The number of fused-ring (bicyclic) bond motifs is 1. The molecule has 0 aliphatic heterocycles. The molecule has 2 heterocycles. The molecule has 0 spiro atoms. The van der Waals surface area contributed by atoms with E-state index in [4.69, 9.17) is 0 Å². The van der Waals surface area contributed by atoms with Crippen LogP contribution in [-0.2, 0) is 13.6 Å². The van der Waals surface area contributed by atoms with E-state index in [9.17, 15) is 14.0 Å². The fourth-order valence-electron chi connectivity index (χ4n) is 3.09. The lowest BCUT2D eigenvalue weighted by Crippen LogP contribution is -2.26. The van der Waals surface area contributed by atoms with Crippen molar-refractivity contribution < 1.29 is 9.18 Å². The normalized spacial score (nSPS) is 11.0. The number of rotatable bonds is 4. The van der Waals surface area contributed by atoms with Gasteiger partial charge in [0.15, 0.2) is 0 Å². The lowest BCUT2D eigenvalue weighted by atomic mass is 10.1. The Morgan fingerprint density at radius 3 is 2.69 bits per heavy atom. The Morgan fingerprint density at radius 1 is 1.17 bits per heavy atom. The van der Waals surface area contributed by atoms with Crippen molar-refractivity contribution in [3.05, 3.63) is 88.5 Å². The van der Waals surface area contributed by atoms with Crippen LogP contribution in [0.5, 0.6) is 0 Å². The number of nitrogens with zero attached hydrogens (tertiary/aromatic N) is 5. The summed E-state index contributed by atoms with van der Waals surface area (Å²) in [5.41, 5.74) is 2.34. The largest absolute Gasteiger partial charge is 0.337 e. The topological polar surface area (TPSA) is 73.0 Å². The Bertz CT molecular complexity index is 1260. The molecule has 0 fully saturated rings. The summed E-state index contributed by atoms with van der Waals surface area (Å²) < 4.78 is 16.1. The van der Waals surface area contributed by atoms with Crippen LogP contribution < -0.4 is 5.56 Å². The molecule has 1 amide bonds. The van der Waals surface area contributed by atoms with Crippen molar-refractivity contribution >= 4 is 16.8 Å². The maximum Gasteiger partial charge on any atom is 0.260 e. The highest BCUT2D eigenvalue weighted by Gasteiger charge is 2.15. The van der Waals surface area contributed by atoms with Gasteiger partial charge in [0.1, 0.15) is 5.82 Å². The van der Waals surface area contributed by atoms with Gasteiger partial charge in [0.25, 0.3) is 11.5 Å². The van der Waals surface area contributed by atoms with E-state index in [1.807, 2.05) is 0 Å². The zero-order valence-electron chi connectivity index (χ0n) is 15.9. The smallest absolute Gasteiger partial charge is 0.260 e. The van der Waals surface area contributed by atoms with Crippen LogP contribution in [-0.4, -0.2) is 37.2 Å². The van der Waals surface area contributed by atoms with E-state index in [2.05, 4.69) is 10.1 Å². The highest BCUT2D eigenvalue weighted by Crippen LogP contribution is 2.14. The fourth-order valence-corrected chi connectivity index (χ4v) is 3.09. The van der Waals surface area contributed by atoms with E-state index in [0.717, 1.165) is 11.3 Å². The summed E-state index contributed by atoms with van der Waals surface area (Å²) in [6, 6.07) is 10.9. The molecule has 4 aromatic rings. The van der Waals surface area contributed by atoms with Gasteiger partial charge >= 0.3 is 0 Å². The molecule has 7 nitrogen and oxygen atoms in total. The predicted molar refractivity (Wildman–Crippen MR) is 106 cm³/mol. The average molecular weight is 391 g/mol. The molecule has 4 rings (SSSR count). The molecule has 29 heavy (non-hydrogen) atoms. The number of aromatic nitrogens is 4. The molecule has 0 radical (unpaired) electrons. The molecular formula is C21H18FN5O2. The number of amides is 1. The summed E-state index contributed by atoms with van der Waals surface area (Å²) in [4.78, 5) is 30.7. The van der Waals surface area contributed by atoms with Crippen molar-refractivity contribution in [2.45, 2.75) is 6.54 Å². The number of carbonyl (C=O) groups excluding carboxylic acids is 1. The van der Waals surface area contributed by atoms with Crippen LogP contribution in [0.15, 0.2) is 66.0 Å². The Kier molecular flexibility index (Phi) is 4.67. The summed E-state index contributed by atoms with van der Waals surface area (Å²) in [5, 5.41) is 4.74. The van der Waals surface area contributed by atoms with Crippen LogP contribution in [0.4, 0.5) is 4.39 Å². The zero-order valence-corrected chi connectivity index (χ0v) is 15.9. The van der Waals surface area contributed by atoms with Crippen molar-refractivity contribution in [1.82, 2.24) is 24.2 Å². The second kappa shape index (κ2) is 7.31. The molecule has 0 aliphatic carbocycles. The summed E-state index contributed by atoms with van der Waals surface area (Å²) >= 11 is 0. The van der Waals surface area contributed by atoms with Gasteiger partial charge in [0, 0.05) is 38.0 Å². The van der Waals surface area contributed by atoms with Crippen LogP contribution in [0.1, 0.15) is 15.9 Å². The zero-order chi connectivity index (χ0) is 20.5. The Balaban J connectivity index is 1.53. The van der Waals surface area contributed by atoms with E-state index in [1.54, 1.807) is 66.4 Å². The third kappa shape index (κ3) is 3.64. The molecule has 0 bridgehead atoms. The first-order chi connectivity index (χ1) is 13.9. The van der Waals surface area contributed by atoms with Crippen LogP contribution in [0.2, 0.25) is 0 Å². The van der Waals surface area contributed by atoms with Crippen LogP contribution in [0.25, 0.3) is 16.6 Å². The summed E-state index contributed by atoms with van der Waals surface area (Å²) in [5.74, 6) is -0.502. The number of benzene rings is 2. The van der Waals surface area contributed by atoms with Gasteiger partial charge in [-0.15, -0.1) is 0 Å².